The van der Waals surface area contributed by atoms with Gasteiger partial charge in [0, 0.05) is 12.0 Å². The molecule has 1 rings (SSSR count). The molecule has 21 heavy (non-hydrogen) atoms. The molecular weight excluding hydrogens is 273 g/mol. The van der Waals surface area contributed by atoms with E-state index >= 15 is 0 Å². The highest BCUT2D eigenvalue weighted by Gasteiger charge is 2.26. The SMILES string of the molecule is CC(C=O)(CNC(=O)OC(C)(C)C)Cc1cccc(F)c1. The molecule has 1 atom stereocenters. The number of rotatable bonds is 5. The largest absolute Gasteiger partial charge is 0.444 e. The number of nitrogens with one attached hydrogen (secondary N) is 1. The molecule has 0 aliphatic heterocycles. The monoisotopic (exact) mass is 295 g/mol. The van der Waals surface area contributed by atoms with Crippen molar-refractivity contribution in [1.29, 1.82) is 0 Å². The van der Waals surface area contributed by atoms with Gasteiger partial charge in [-0.05, 0) is 44.9 Å². The first-order valence-electron chi connectivity index (χ1n) is 6.81. The summed E-state index contributed by atoms with van der Waals surface area (Å²) in [6, 6.07) is 6.07. The molecule has 0 bridgehead atoms. The Morgan fingerprint density at radius 1 is 1.33 bits per heavy atom. The second-order valence-corrected chi connectivity index (χ2v) is 6.43. The van der Waals surface area contributed by atoms with Crippen LogP contribution in [0.25, 0.3) is 0 Å². The predicted octanol–water partition coefficient (Wildman–Crippen LogP) is 3.10. The van der Waals surface area contributed by atoms with Gasteiger partial charge in [-0.3, -0.25) is 0 Å². The standard InChI is InChI=1S/C16H22FNO3/c1-15(2,3)21-14(20)18-10-16(4,11-19)9-12-6-5-7-13(17)8-12/h5-8,11H,9-10H2,1-4H3,(H,18,20). The lowest BCUT2D eigenvalue weighted by Gasteiger charge is -2.25. The zero-order valence-corrected chi connectivity index (χ0v) is 12.9. The van der Waals surface area contributed by atoms with Gasteiger partial charge in [0.05, 0.1) is 0 Å². The zero-order valence-electron chi connectivity index (χ0n) is 12.9. The molecule has 0 spiro atoms. The smallest absolute Gasteiger partial charge is 0.407 e. The van der Waals surface area contributed by atoms with Crippen LogP contribution in [0.2, 0.25) is 0 Å². The Balaban J connectivity index is 2.64. The van der Waals surface area contributed by atoms with Gasteiger partial charge >= 0.3 is 6.09 Å². The second kappa shape index (κ2) is 6.70. The van der Waals surface area contributed by atoms with Crippen LogP contribution in [0.1, 0.15) is 33.3 Å². The van der Waals surface area contributed by atoms with E-state index in [9.17, 15) is 14.0 Å². The van der Waals surface area contributed by atoms with E-state index < -0.39 is 17.1 Å². The number of aldehydes is 1. The number of benzene rings is 1. The molecule has 1 unspecified atom stereocenters. The van der Waals surface area contributed by atoms with Crippen molar-refractivity contribution < 1.29 is 18.7 Å². The van der Waals surface area contributed by atoms with Crippen LogP contribution in [-0.4, -0.2) is 24.5 Å². The van der Waals surface area contributed by atoms with E-state index in [1.807, 2.05) is 0 Å². The maximum Gasteiger partial charge on any atom is 0.407 e. The minimum Gasteiger partial charge on any atom is -0.444 e. The molecule has 0 aromatic heterocycles. The highest BCUT2D eigenvalue weighted by Crippen LogP contribution is 2.20. The number of hydrogen-bond donors (Lipinski definition) is 1. The van der Waals surface area contributed by atoms with Gasteiger partial charge < -0.3 is 14.8 Å². The quantitative estimate of drug-likeness (QED) is 0.849. The van der Waals surface area contributed by atoms with E-state index in [4.69, 9.17) is 4.74 Å². The van der Waals surface area contributed by atoms with E-state index in [0.717, 1.165) is 6.29 Å². The Bertz CT molecular complexity index is 510. The molecule has 5 heteroatoms. The van der Waals surface area contributed by atoms with Crippen molar-refractivity contribution in [1.82, 2.24) is 5.32 Å². The lowest BCUT2D eigenvalue weighted by molar-refractivity contribution is -0.115. The predicted molar refractivity (Wildman–Crippen MR) is 78.5 cm³/mol. The van der Waals surface area contributed by atoms with Gasteiger partial charge in [0.15, 0.2) is 0 Å². The summed E-state index contributed by atoms with van der Waals surface area (Å²) in [6.45, 7) is 7.12. The second-order valence-electron chi connectivity index (χ2n) is 6.43. The Kier molecular flexibility index (Phi) is 5.47. The average molecular weight is 295 g/mol. The molecule has 0 radical (unpaired) electrons. The minimum atomic E-state index is -0.815. The van der Waals surface area contributed by atoms with Crippen molar-refractivity contribution in [2.45, 2.75) is 39.7 Å². The molecule has 0 fully saturated rings. The van der Waals surface area contributed by atoms with E-state index in [0.29, 0.717) is 12.0 Å². The molecule has 4 nitrogen and oxygen atoms in total. The minimum absolute atomic E-state index is 0.127. The summed E-state index contributed by atoms with van der Waals surface area (Å²) in [6.07, 6.45) is 0.536. The topological polar surface area (TPSA) is 55.4 Å². The Morgan fingerprint density at radius 2 is 2.00 bits per heavy atom. The Hall–Kier alpha value is -1.91. The fourth-order valence-electron chi connectivity index (χ4n) is 1.85. The third kappa shape index (κ3) is 6.38. The summed E-state index contributed by atoms with van der Waals surface area (Å²) < 4.78 is 18.3. The molecule has 0 saturated carbocycles. The van der Waals surface area contributed by atoms with Gasteiger partial charge in [0.25, 0.3) is 0 Å². The van der Waals surface area contributed by atoms with Crippen LogP contribution in [0.5, 0.6) is 0 Å². The van der Waals surface area contributed by atoms with Crippen LogP contribution in [0.4, 0.5) is 9.18 Å². The summed E-state index contributed by atoms with van der Waals surface area (Å²) in [5.41, 5.74) is -0.704. The van der Waals surface area contributed by atoms with Gasteiger partial charge in [-0.25, -0.2) is 9.18 Å². The fraction of sp³-hybridized carbons (Fsp3) is 0.500. The fourth-order valence-corrected chi connectivity index (χ4v) is 1.85. The average Bonchev–Trinajstić information content (AvgIpc) is 2.34. The van der Waals surface area contributed by atoms with Gasteiger partial charge in [-0.2, -0.15) is 0 Å². The number of alkyl carbamates (subject to hydrolysis) is 1. The van der Waals surface area contributed by atoms with Crippen molar-refractivity contribution >= 4 is 12.4 Å². The van der Waals surface area contributed by atoms with Gasteiger partial charge in [0.1, 0.15) is 17.7 Å². The van der Waals surface area contributed by atoms with E-state index in [2.05, 4.69) is 5.32 Å². The highest BCUT2D eigenvalue weighted by molar-refractivity contribution is 5.69. The third-order valence-electron chi connectivity index (χ3n) is 2.82. The summed E-state index contributed by atoms with van der Waals surface area (Å²) in [7, 11) is 0. The molecule has 1 N–H and O–H groups in total. The molecule has 0 aliphatic rings. The summed E-state index contributed by atoms with van der Waals surface area (Å²) in [5.74, 6) is -0.346. The van der Waals surface area contributed by atoms with Crippen LogP contribution in [0, 0.1) is 11.2 Å². The molecule has 0 saturated heterocycles. The van der Waals surface area contributed by atoms with Crippen molar-refractivity contribution in [3.05, 3.63) is 35.6 Å². The van der Waals surface area contributed by atoms with Gasteiger partial charge in [-0.15, -0.1) is 0 Å². The molecule has 116 valence electrons. The number of amides is 1. The van der Waals surface area contributed by atoms with Gasteiger partial charge in [-0.1, -0.05) is 19.1 Å². The summed E-state index contributed by atoms with van der Waals surface area (Å²) in [5, 5.41) is 2.58. The van der Waals surface area contributed by atoms with E-state index in [-0.39, 0.29) is 12.4 Å². The zero-order chi connectivity index (χ0) is 16.1. The lowest BCUT2D eigenvalue weighted by Crippen LogP contribution is -2.40. The number of halogens is 1. The number of hydrogen-bond acceptors (Lipinski definition) is 3. The van der Waals surface area contributed by atoms with Crippen LogP contribution >= 0.6 is 0 Å². The molecule has 1 aromatic rings. The summed E-state index contributed by atoms with van der Waals surface area (Å²) in [4.78, 5) is 22.9. The van der Waals surface area contributed by atoms with Crippen LogP contribution in [-0.2, 0) is 16.0 Å². The maximum atomic E-state index is 13.2. The van der Waals surface area contributed by atoms with Crippen molar-refractivity contribution in [3.63, 3.8) is 0 Å². The normalized spacial score (nSPS) is 14.1. The Labute approximate surface area is 124 Å². The third-order valence-corrected chi connectivity index (χ3v) is 2.82. The molecule has 1 amide bonds. The van der Waals surface area contributed by atoms with Crippen LogP contribution < -0.4 is 5.32 Å². The lowest BCUT2D eigenvalue weighted by atomic mass is 9.85. The Morgan fingerprint density at radius 3 is 2.52 bits per heavy atom. The highest BCUT2D eigenvalue weighted by atomic mass is 19.1. The first-order valence-corrected chi connectivity index (χ1v) is 6.81. The molecular formula is C16H22FNO3. The van der Waals surface area contributed by atoms with Crippen LogP contribution in [0.3, 0.4) is 0 Å². The molecule has 0 heterocycles. The van der Waals surface area contributed by atoms with Gasteiger partial charge in [0.2, 0.25) is 0 Å². The summed E-state index contributed by atoms with van der Waals surface area (Å²) >= 11 is 0. The maximum absolute atomic E-state index is 13.2. The molecule has 1 aromatic carbocycles. The van der Waals surface area contributed by atoms with E-state index in [1.54, 1.807) is 39.8 Å². The van der Waals surface area contributed by atoms with Crippen molar-refractivity contribution in [2.75, 3.05) is 6.54 Å². The first kappa shape index (κ1) is 17.1. The number of carbonyl (C=O) groups excluding carboxylic acids is 2. The number of carbonyl (C=O) groups is 2. The first-order chi connectivity index (χ1) is 9.63. The van der Waals surface area contributed by atoms with Crippen LogP contribution in [0.15, 0.2) is 24.3 Å². The number of ether oxygens (including phenoxy) is 1. The van der Waals surface area contributed by atoms with Crippen molar-refractivity contribution in [2.24, 2.45) is 5.41 Å². The van der Waals surface area contributed by atoms with E-state index in [1.165, 1.54) is 12.1 Å². The molecule has 0 aliphatic carbocycles. The van der Waals surface area contributed by atoms with Crippen molar-refractivity contribution in [3.8, 4) is 0 Å².